The largest absolute Gasteiger partial charge is 0.481 e. The zero-order chi connectivity index (χ0) is 31.9. The van der Waals surface area contributed by atoms with E-state index in [2.05, 4.69) is 25.9 Å². The Hall–Kier alpha value is -4.77. The fourth-order valence-electron chi connectivity index (χ4n) is 4.24. The van der Waals surface area contributed by atoms with Gasteiger partial charge in [0.25, 0.3) is 5.91 Å². The summed E-state index contributed by atoms with van der Waals surface area (Å²) in [5.41, 5.74) is 3.75. The van der Waals surface area contributed by atoms with Gasteiger partial charge in [0.1, 0.15) is 5.60 Å². The van der Waals surface area contributed by atoms with Crippen molar-refractivity contribution in [2.24, 2.45) is 0 Å². The third-order valence-corrected chi connectivity index (χ3v) is 7.33. The number of ether oxygens (including phenoxy) is 2. The summed E-state index contributed by atoms with van der Waals surface area (Å²) < 4.78 is 10.6. The molecule has 0 unspecified atom stereocenters. The molecule has 230 valence electrons. The van der Waals surface area contributed by atoms with Crippen molar-refractivity contribution in [2.75, 3.05) is 25.5 Å². The highest BCUT2D eigenvalue weighted by Crippen LogP contribution is 2.30. The number of amides is 3. The molecule has 11 heteroatoms. The average Bonchev–Trinajstić information content (AvgIpc) is 3.46. The maximum atomic E-state index is 12.9. The number of benzene rings is 2. The van der Waals surface area contributed by atoms with Crippen molar-refractivity contribution in [3.8, 4) is 28.3 Å². The lowest BCUT2D eigenvalue weighted by molar-refractivity contribution is -0.115. The van der Waals surface area contributed by atoms with Crippen LogP contribution in [0.25, 0.3) is 22.4 Å². The predicted molar refractivity (Wildman–Crippen MR) is 172 cm³/mol. The van der Waals surface area contributed by atoms with Gasteiger partial charge < -0.3 is 25.4 Å². The van der Waals surface area contributed by atoms with Gasteiger partial charge in [-0.25, -0.2) is 14.8 Å². The van der Waals surface area contributed by atoms with Crippen molar-refractivity contribution in [2.45, 2.75) is 45.6 Å². The number of carbonyl (C=O) groups is 3. The molecular weight excluding hydrogens is 578 g/mol. The third-order valence-electron chi connectivity index (χ3n) is 6.58. The molecule has 0 bridgehead atoms. The second-order valence-corrected chi connectivity index (χ2v) is 12.6. The highest BCUT2D eigenvalue weighted by atomic mass is 32.1. The Balaban J connectivity index is 1.32. The Morgan fingerprint density at radius 1 is 0.886 bits per heavy atom. The van der Waals surface area contributed by atoms with Gasteiger partial charge in [-0.15, -0.1) is 11.3 Å². The minimum atomic E-state index is -0.595. The quantitative estimate of drug-likeness (QED) is 0.198. The number of hydrogen-bond acceptors (Lipinski definition) is 8. The van der Waals surface area contributed by atoms with Crippen LogP contribution in [0.1, 0.15) is 50.5 Å². The molecular formula is C33H37N5O5S. The highest BCUT2D eigenvalue weighted by molar-refractivity contribution is 7.14. The monoisotopic (exact) mass is 615 g/mol. The van der Waals surface area contributed by atoms with E-state index in [4.69, 9.17) is 9.47 Å². The fraction of sp³-hybridized carbons (Fsp3) is 0.303. The van der Waals surface area contributed by atoms with E-state index in [9.17, 15) is 14.4 Å². The molecule has 2 aromatic heterocycles. The van der Waals surface area contributed by atoms with Crippen LogP contribution in [-0.4, -0.2) is 53.7 Å². The molecule has 0 aliphatic heterocycles. The van der Waals surface area contributed by atoms with Crippen molar-refractivity contribution >= 4 is 34.4 Å². The number of nitrogens with zero attached hydrogens (tertiary/aromatic N) is 2. The number of pyridine rings is 1. The van der Waals surface area contributed by atoms with E-state index >= 15 is 0 Å². The number of alkyl carbamates (subject to hydrolysis) is 1. The molecule has 0 atom stereocenters. The number of hydrogen-bond donors (Lipinski definition) is 3. The summed E-state index contributed by atoms with van der Waals surface area (Å²) >= 11 is 1.30. The highest BCUT2D eigenvalue weighted by Gasteiger charge is 2.24. The number of rotatable bonds is 10. The number of nitrogens with one attached hydrogen (secondary N) is 3. The summed E-state index contributed by atoms with van der Waals surface area (Å²) in [6.45, 7) is 9.42. The van der Waals surface area contributed by atoms with Crippen LogP contribution in [0.5, 0.6) is 5.88 Å². The molecule has 0 fully saturated rings. The molecule has 2 aromatic carbocycles. The summed E-state index contributed by atoms with van der Waals surface area (Å²) in [4.78, 5) is 46.3. The van der Waals surface area contributed by atoms with E-state index in [1.165, 1.54) is 11.3 Å². The van der Waals surface area contributed by atoms with E-state index in [0.717, 1.165) is 27.9 Å². The molecule has 4 rings (SSSR count). The molecule has 0 radical (unpaired) electrons. The third kappa shape index (κ3) is 8.87. The van der Waals surface area contributed by atoms with Crippen molar-refractivity contribution in [1.82, 2.24) is 20.6 Å². The first-order chi connectivity index (χ1) is 20.8. The number of carbonyl (C=O) groups excluding carboxylic acids is 3. The van der Waals surface area contributed by atoms with Crippen LogP contribution in [0.3, 0.4) is 0 Å². The Kier molecular flexibility index (Phi) is 10.00. The van der Waals surface area contributed by atoms with Gasteiger partial charge >= 0.3 is 6.09 Å². The molecule has 0 spiro atoms. The van der Waals surface area contributed by atoms with Crippen LogP contribution in [0, 0.1) is 0 Å². The van der Waals surface area contributed by atoms with Gasteiger partial charge in [0.05, 0.1) is 19.3 Å². The van der Waals surface area contributed by atoms with Gasteiger partial charge in [-0.3, -0.25) is 9.59 Å². The number of aromatic nitrogens is 2. The topological polar surface area (TPSA) is 132 Å². The zero-order valence-corrected chi connectivity index (χ0v) is 26.5. The van der Waals surface area contributed by atoms with Crippen molar-refractivity contribution in [1.29, 1.82) is 0 Å². The van der Waals surface area contributed by atoms with Crippen LogP contribution in [0.2, 0.25) is 0 Å². The van der Waals surface area contributed by atoms with E-state index in [-0.39, 0.29) is 12.5 Å². The minimum absolute atomic E-state index is 0.221. The maximum Gasteiger partial charge on any atom is 0.407 e. The Morgan fingerprint density at radius 2 is 1.61 bits per heavy atom. The molecule has 0 saturated carbocycles. The lowest BCUT2D eigenvalue weighted by Gasteiger charge is -2.27. The fourth-order valence-corrected chi connectivity index (χ4v) is 4.98. The van der Waals surface area contributed by atoms with Crippen LogP contribution in [0.4, 0.5) is 9.93 Å². The van der Waals surface area contributed by atoms with Crippen LogP contribution >= 0.6 is 11.3 Å². The molecule has 3 amide bonds. The summed E-state index contributed by atoms with van der Waals surface area (Å²) in [6, 6.07) is 18.8. The van der Waals surface area contributed by atoms with Gasteiger partial charge in [-0.2, -0.15) is 0 Å². The van der Waals surface area contributed by atoms with Crippen molar-refractivity contribution in [3.05, 3.63) is 83.4 Å². The standard InChI is InChI=1S/C33H37N5O5S/c1-32(2,3)43-31(41)36-20-33(4,5)25-12-8-11-24(16-25)29(40)35-18-27(39)38-30-37-26(19-44-30)23-10-7-9-21(15-23)22-13-14-34-28(17-22)42-6/h7-17,19H,18,20H2,1-6H3,(H,35,40)(H,36,41)(H,37,38,39). The average molecular weight is 616 g/mol. The van der Waals surface area contributed by atoms with E-state index in [1.807, 2.05) is 61.7 Å². The lowest BCUT2D eigenvalue weighted by Crippen LogP contribution is -2.40. The normalized spacial score (nSPS) is 11.4. The molecule has 44 heavy (non-hydrogen) atoms. The number of methoxy groups -OCH3 is 1. The second kappa shape index (κ2) is 13.7. The number of thiazole rings is 1. The van der Waals surface area contributed by atoms with Gasteiger partial charge in [-0.1, -0.05) is 44.2 Å². The summed E-state index contributed by atoms with van der Waals surface area (Å²) in [5.74, 6) is -0.250. The minimum Gasteiger partial charge on any atom is -0.481 e. The van der Waals surface area contributed by atoms with Gasteiger partial charge in [-0.05, 0) is 61.7 Å². The molecule has 3 N–H and O–H groups in total. The number of anilines is 1. The molecule has 0 aliphatic carbocycles. The van der Waals surface area contributed by atoms with Crippen molar-refractivity contribution < 1.29 is 23.9 Å². The van der Waals surface area contributed by atoms with Gasteiger partial charge in [0.2, 0.25) is 11.8 Å². The van der Waals surface area contributed by atoms with Crippen LogP contribution < -0.4 is 20.7 Å². The smallest absolute Gasteiger partial charge is 0.407 e. The first-order valence-electron chi connectivity index (χ1n) is 14.0. The predicted octanol–water partition coefficient (Wildman–Crippen LogP) is 6.05. The summed E-state index contributed by atoms with van der Waals surface area (Å²) in [7, 11) is 1.58. The van der Waals surface area contributed by atoms with Crippen LogP contribution in [0.15, 0.2) is 72.2 Å². The molecule has 0 saturated heterocycles. The van der Waals surface area contributed by atoms with Gasteiger partial charge in [0, 0.05) is 40.7 Å². The maximum absolute atomic E-state index is 12.9. The lowest BCUT2D eigenvalue weighted by atomic mass is 9.84. The Labute approximate surface area is 261 Å². The van der Waals surface area contributed by atoms with E-state index in [1.54, 1.807) is 52.3 Å². The first kappa shape index (κ1) is 32.2. The zero-order valence-electron chi connectivity index (χ0n) is 25.7. The molecule has 0 aliphatic rings. The summed E-state index contributed by atoms with van der Waals surface area (Å²) in [6.07, 6.45) is 1.19. The Morgan fingerprint density at radius 3 is 2.36 bits per heavy atom. The molecule has 2 heterocycles. The molecule has 10 nitrogen and oxygen atoms in total. The van der Waals surface area contributed by atoms with Gasteiger partial charge in [0.15, 0.2) is 5.13 Å². The first-order valence-corrected chi connectivity index (χ1v) is 14.9. The van der Waals surface area contributed by atoms with Crippen LogP contribution in [-0.2, 0) is 14.9 Å². The summed E-state index contributed by atoms with van der Waals surface area (Å²) in [5, 5.41) is 10.5. The SMILES string of the molecule is COc1cc(-c2cccc(-c3csc(NC(=O)CNC(=O)c4cccc(C(C)(C)CNC(=O)OC(C)(C)C)c4)n3)c2)ccn1. The Bertz CT molecular complexity index is 1640. The molecule has 4 aromatic rings. The second-order valence-electron chi connectivity index (χ2n) is 11.8. The van der Waals surface area contributed by atoms with E-state index < -0.39 is 23.0 Å². The van der Waals surface area contributed by atoms with E-state index in [0.29, 0.717) is 23.1 Å². The van der Waals surface area contributed by atoms with Crippen molar-refractivity contribution in [3.63, 3.8) is 0 Å².